The number of hydrogen-bond acceptors (Lipinski definition) is 3. The largest absolute Gasteiger partial charge is 0.497 e. The van der Waals surface area contributed by atoms with E-state index in [4.69, 9.17) is 21.1 Å². The number of halogens is 1. The van der Waals surface area contributed by atoms with Crippen LogP contribution in [0.15, 0.2) is 24.3 Å². The Balaban J connectivity index is 2.13. The van der Waals surface area contributed by atoms with Gasteiger partial charge in [-0.3, -0.25) is 4.68 Å². The summed E-state index contributed by atoms with van der Waals surface area (Å²) in [5, 5.41) is 4.28. The first-order valence-corrected chi connectivity index (χ1v) is 6.52. The van der Waals surface area contributed by atoms with Crippen molar-refractivity contribution in [1.29, 1.82) is 0 Å². The monoisotopic (exact) mass is 280 g/mol. The smallest absolute Gasteiger partial charge is 0.130 e. The molecule has 2 aromatic rings. The average molecular weight is 281 g/mol. The van der Waals surface area contributed by atoms with Crippen molar-refractivity contribution in [2.24, 2.45) is 7.05 Å². The number of hydrogen-bond donors (Lipinski definition) is 0. The predicted octanol–water partition coefficient (Wildman–Crippen LogP) is 3.05. The standard InChI is InChI=1S/C14H17ClN2O2/c1-10-6-12(17(2)16-10)9-19-14-5-4-13(18-3)7-11(14)8-15/h4-7H,8-9H2,1-3H3. The van der Waals surface area contributed by atoms with Gasteiger partial charge in [-0.25, -0.2) is 0 Å². The van der Waals surface area contributed by atoms with E-state index in [0.717, 1.165) is 28.5 Å². The van der Waals surface area contributed by atoms with Crippen LogP contribution in [0.2, 0.25) is 0 Å². The number of benzene rings is 1. The Morgan fingerprint density at radius 3 is 2.68 bits per heavy atom. The third-order valence-corrected chi connectivity index (χ3v) is 3.17. The number of methoxy groups -OCH3 is 1. The Kier molecular flexibility index (Phi) is 4.32. The van der Waals surface area contributed by atoms with Crippen molar-refractivity contribution in [2.75, 3.05) is 7.11 Å². The Morgan fingerprint density at radius 2 is 2.11 bits per heavy atom. The van der Waals surface area contributed by atoms with Gasteiger partial charge in [0.2, 0.25) is 0 Å². The lowest BCUT2D eigenvalue weighted by Gasteiger charge is -2.11. The zero-order valence-corrected chi connectivity index (χ0v) is 12.1. The van der Waals surface area contributed by atoms with Gasteiger partial charge in [0.25, 0.3) is 0 Å². The molecule has 19 heavy (non-hydrogen) atoms. The van der Waals surface area contributed by atoms with Crippen LogP contribution < -0.4 is 9.47 Å². The topological polar surface area (TPSA) is 36.3 Å². The van der Waals surface area contributed by atoms with Gasteiger partial charge in [-0.05, 0) is 31.2 Å². The van der Waals surface area contributed by atoms with Crippen molar-refractivity contribution >= 4 is 11.6 Å². The van der Waals surface area contributed by atoms with E-state index in [-0.39, 0.29) is 0 Å². The first-order valence-electron chi connectivity index (χ1n) is 5.99. The molecule has 0 aliphatic rings. The van der Waals surface area contributed by atoms with E-state index >= 15 is 0 Å². The summed E-state index contributed by atoms with van der Waals surface area (Å²) >= 11 is 5.93. The minimum absolute atomic E-state index is 0.386. The first-order chi connectivity index (χ1) is 9.13. The predicted molar refractivity (Wildman–Crippen MR) is 74.8 cm³/mol. The SMILES string of the molecule is COc1ccc(OCc2cc(C)nn2C)c(CCl)c1. The van der Waals surface area contributed by atoms with Gasteiger partial charge < -0.3 is 9.47 Å². The van der Waals surface area contributed by atoms with Crippen LogP contribution in [0.1, 0.15) is 17.0 Å². The maximum absolute atomic E-state index is 5.93. The summed E-state index contributed by atoms with van der Waals surface area (Å²) in [4.78, 5) is 0. The normalized spacial score (nSPS) is 10.5. The van der Waals surface area contributed by atoms with Gasteiger partial charge in [0.1, 0.15) is 18.1 Å². The fourth-order valence-electron chi connectivity index (χ4n) is 1.88. The number of ether oxygens (including phenoxy) is 2. The van der Waals surface area contributed by atoms with Crippen LogP contribution >= 0.6 is 11.6 Å². The van der Waals surface area contributed by atoms with Crippen LogP contribution in [0.5, 0.6) is 11.5 Å². The van der Waals surface area contributed by atoms with Crippen molar-refractivity contribution in [3.8, 4) is 11.5 Å². The van der Waals surface area contributed by atoms with Crippen LogP contribution in [0, 0.1) is 6.92 Å². The summed E-state index contributed by atoms with van der Waals surface area (Å²) in [6.07, 6.45) is 0. The first kappa shape index (κ1) is 13.7. The molecule has 0 aliphatic carbocycles. The fraction of sp³-hybridized carbons (Fsp3) is 0.357. The summed E-state index contributed by atoms with van der Waals surface area (Å²) in [5.41, 5.74) is 2.92. The molecule has 0 fully saturated rings. The van der Waals surface area contributed by atoms with Crippen LogP contribution in [0.4, 0.5) is 0 Å². The minimum Gasteiger partial charge on any atom is -0.497 e. The zero-order valence-electron chi connectivity index (χ0n) is 11.3. The van der Waals surface area contributed by atoms with Crippen LogP contribution in [-0.2, 0) is 19.5 Å². The lowest BCUT2D eigenvalue weighted by molar-refractivity contribution is 0.292. The van der Waals surface area contributed by atoms with Gasteiger partial charge in [-0.2, -0.15) is 5.10 Å². The molecule has 0 saturated heterocycles. The van der Waals surface area contributed by atoms with Crippen LogP contribution in [0.25, 0.3) is 0 Å². The molecule has 0 N–H and O–H groups in total. The minimum atomic E-state index is 0.386. The van der Waals surface area contributed by atoms with Crippen molar-refractivity contribution in [3.63, 3.8) is 0 Å². The zero-order chi connectivity index (χ0) is 13.8. The molecule has 4 nitrogen and oxygen atoms in total. The van der Waals surface area contributed by atoms with E-state index in [2.05, 4.69) is 5.10 Å². The van der Waals surface area contributed by atoms with Crippen molar-refractivity contribution in [2.45, 2.75) is 19.4 Å². The van der Waals surface area contributed by atoms with Gasteiger partial charge in [0, 0.05) is 12.6 Å². The summed E-state index contributed by atoms with van der Waals surface area (Å²) in [6.45, 7) is 2.43. The molecular formula is C14H17ClN2O2. The molecule has 0 bridgehead atoms. The molecule has 0 spiro atoms. The highest BCUT2D eigenvalue weighted by molar-refractivity contribution is 6.17. The van der Waals surface area contributed by atoms with Gasteiger partial charge in [0.15, 0.2) is 0 Å². The molecule has 1 heterocycles. The quantitative estimate of drug-likeness (QED) is 0.790. The van der Waals surface area contributed by atoms with E-state index < -0.39 is 0 Å². The number of alkyl halides is 1. The lowest BCUT2D eigenvalue weighted by Crippen LogP contribution is -2.04. The van der Waals surface area contributed by atoms with Gasteiger partial charge >= 0.3 is 0 Å². The summed E-state index contributed by atoms with van der Waals surface area (Å²) < 4.78 is 12.8. The number of aryl methyl sites for hydroxylation is 2. The van der Waals surface area contributed by atoms with Gasteiger partial charge in [-0.1, -0.05) is 0 Å². The van der Waals surface area contributed by atoms with Crippen molar-refractivity contribution < 1.29 is 9.47 Å². The summed E-state index contributed by atoms with van der Waals surface area (Å²) in [6, 6.07) is 7.63. The molecule has 1 aromatic carbocycles. The maximum Gasteiger partial charge on any atom is 0.130 e. The third-order valence-electron chi connectivity index (χ3n) is 2.89. The molecule has 0 radical (unpaired) electrons. The highest BCUT2D eigenvalue weighted by Crippen LogP contribution is 2.26. The highest BCUT2D eigenvalue weighted by atomic mass is 35.5. The Hall–Kier alpha value is -1.68. The van der Waals surface area contributed by atoms with E-state index in [9.17, 15) is 0 Å². The summed E-state index contributed by atoms with van der Waals surface area (Å²) in [7, 11) is 3.54. The molecule has 2 rings (SSSR count). The van der Waals surface area contributed by atoms with Crippen molar-refractivity contribution in [1.82, 2.24) is 9.78 Å². The summed E-state index contributed by atoms with van der Waals surface area (Å²) in [5.74, 6) is 1.94. The van der Waals surface area contributed by atoms with E-state index in [1.54, 1.807) is 7.11 Å². The molecule has 1 aromatic heterocycles. The van der Waals surface area contributed by atoms with Crippen LogP contribution in [-0.4, -0.2) is 16.9 Å². The fourth-order valence-corrected chi connectivity index (χ4v) is 2.09. The molecule has 0 amide bonds. The molecule has 5 heteroatoms. The van der Waals surface area contributed by atoms with E-state index in [0.29, 0.717) is 12.5 Å². The lowest BCUT2D eigenvalue weighted by atomic mass is 10.2. The second-order valence-corrected chi connectivity index (χ2v) is 4.56. The number of nitrogens with zero attached hydrogens (tertiary/aromatic N) is 2. The molecular weight excluding hydrogens is 264 g/mol. The second-order valence-electron chi connectivity index (χ2n) is 4.30. The van der Waals surface area contributed by atoms with Gasteiger partial charge in [-0.15, -0.1) is 11.6 Å². The van der Waals surface area contributed by atoms with E-state index in [1.165, 1.54) is 0 Å². The Bertz CT molecular complexity index is 567. The third kappa shape index (κ3) is 3.20. The van der Waals surface area contributed by atoms with Crippen LogP contribution in [0.3, 0.4) is 0 Å². The maximum atomic E-state index is 5.93. The molecule has 0 atom stereocenters. The number of aromatic nitrogens is 2. The van der Waals surface area contributed by atoms with Gasteiger partial charge in [0.05, 0.1) is 24.4 Å². The second kappa shape index (κ2) is 5.97. The van der Waals surface area contributed by atoms with Crippen molar-refractivity contribution in [3.05, 3.63) is 41.2 Å². The highest BCUT2D eigenvalue weighted by Gasteiger charge is 2.07. The van der Waals surface area contributed by atoms with E-state index in [1.807, 2.05) is 42.9 Å². The molecule has 0 saturated carbocycles. The Labute approximate surface area is 117 Å². The molecule has 0 unspecified atom stereocenters. The molecule has 102 valence electrons. The Morgan fingerprint density at radius 1 is 1.32 bits per heavy atom. The average Bonchev–Trinajstić information content (AvgIpc) is 2.74. The molecule has 0 aliphatic heterocycles. The number of rotatable bonds is 5.